The highest BCUT2D eigenvalue weighted by Crippen LogP contribution is 2.36. The third-order valence-corrected chi connectivity index (χ3v) is 3.84. The molecule has 3 nitrogen and oxygen atoms in total. The number of halogens is 1. The van der Waals surface area contributed by atoms with Gasteiger partial charge in [0.25, 0.3) is 0 Å². The molecule has 4 heteroatoms. The minimum atomic E-state index is -0.155. The number of likely N-dealkylation sites (N-methyl/N-ethyl adjacent to an activating group) is 1. The van der Waals surface area contributed by atoms with Gasteiger partial charge in [0.15, 0.2) is 0 Å². The largest absolute Gasteiger partial charge is 0.379 e. The SMILES string of the molecule is CN(C)CCOCCNC1CC(c2ccc(F)cc2)C1. The Morgan fingerprint density at radius 1 is 1.20 bits per heavy atom. The lowest BCUT2D eigenvalue weighted by Gasteiger charge is -2.36. The van der Waals surface area contributed by atoms with Gasteiger partial charge in [0.05, 0.1) is 13.2 Å². The Morgan fingerprint density at radius 3 is 2.55 bits per heavy atom. The molecule has 0 amide bonds. The molecule has 0 atom stereocenters. The van der Waals surface area contributed by atoms with Crippen molar-refractivity contribution >= 4 is 0 Å². The molecule has 1 aliphatic carbocycles. The second-order valence-corrected chi connectivity index (χ2v) is 5.79. The van der Waals surface area contributed by atoms with E-state index in [1.165, 1.54) is 5.56 Å². The summed E-state index contributed by atoms with van der Waals surface area (Å²) in [5.74, 6) is 0.431. The first-order valence-electron chi connectivity index (χ1n) is 7.36. The summed E-state index contributed by atoms with van der Waals surface area (Å²) in [6.07, 6.45) is 2.28. The van der Waals surface area contributed by atoms with Crippen LogP contribution in [0.5, 0.6) is 0 Å². The third-order valence-electron chi connectivity index (χ3n) is 3.84. The summed E-state index contributed by atoms with van der Waals surface area (Å²) in [6.45, 7) is 3.44. The first-order valence-corrected chi connectivity index (χ1v) is 7.36. The van der Waals surface area contributed by atoms with E-state index < -0.39 is 0 Å². The van der Waals surface area contributed by atoms with Crippen LogP contribution < -0.4 is 5.32 Å². The van der Waals surface area contributed by atoms with Crippen molar-refractivity contribution in [1.29, 1.82) is 0 Å². The van der Waals surface area contributed by atoms with Gasteiger partial charge in [-0.05, 0) is 50.6 Å². The lowest BCUT2D eigenvalue weighted by Crippen LogP contribution is -2.41. The normalized spacial score (nSPS) is 22.0. The van der Waals surface area contributed by atoms with Crippen molar-refractivity contribution < 1.29 is 9.13 Å². The molecule has 1 aromatic rings. The molecule has 0 aliphatic heterocycles. The van der Waals surface area contributed by atoms with Crippen LogP contribution in [0.4, 0.5) is 4.39 Å². The summed E-state index contributed by atoms with van der Waals surface area (Å²) in [5.41, 5.74) is 1.26. The number of ether oxygens (including phenoxy) is 1. The van der Waals surface area contributed by atoms with E-state index in [1.807, 2.05) is 26.2 Å². The van der Waals surface area contributed by atoms with Crippen molar-refractivity contribution in [3.8, 4) is 0 Å². The van der Waals surface area contributed by atoms with Gasteiger partial charge in [0.2, 0.25) is 0 Å². The summed E-state index contributed by atoms with van der Waals surface area (Å²) in [5, 5.41) is 3.51. The average molecular weight is 280 g/mol. The van der Waals surface area contributed by atoms with Crippen LogP contribution >= 0.6 is 0 Å². The maximum absolute atomic E-state index is 12.8. The van der Waals surface area contributed by atoms with E-state index in [4.69, 9.17) is 4.74 Å². The van der Waals surface area contributed by atoms with Crippen molar-refractivity contribution in [2.45, 2.75) is 24.8 Å². The number of rotatable bonds is 8. The van der Waals surface area contributed by atoms with E-state index in [9.17, 15) is 4.39 Å². The molecule has 0 bridgehead atoms. The van der Waals surface area contributed by atoms with Crippen molar-refractivity contribution in [3.63, 3.8) is 0 Å². The highest BCUT2D eigenvalue weighted by atomic mass is 19.1. The van der Waals surface area contributed by atoms with Crippen LogP contribution in [0, 0.1) is 5.82 Å². The summed E-state index contributed by atoms with van der Waals surface area (Å²) < 4.78 is 18.4. The Bertz CT molecular complexity index is 388. The molecule has 0 heterocycles. The molecule has 0 aromatic heterocycles. The van der Waals surface area contributed by atoms with E-state index in [2.05, 4.69) is 10.2 Å². The fourth-order valence-electron chi connectivity index (χ4n) is 2.48. The van der Waals surface area contributed by atoms with Crippen molar-refractivity contribution in [1.82, 2.24) is 10.2 Å². The quantitative estimate of drug-likeness (QED) is 0.739. The van der Waals surface area contributed by atoms with Crippen LogP contribution in [0.25, 0.3) is 0 Å². The predicted octanol–water partition coefficient (Wildman–Crippen LogP) is 2.24. The molecule has 1 aliphatic rings. The van der Waals surface area contributed by atoms with Gasteiger partial charge in [0, 0.05) is 19.1 Å². The summed E-state index contributed by atoms with van der Waals surface area (Å²) in [7, 11) is 4.09. The molecule has 112 valence electrons. The minimum Gasteiger partial charge on any atom is -0.379 e. The Morgan fingerprint density at radius 2 is 1.90 bits per heavy atom. The molecular weight excluding hydrogens is 255 g/mol. The molecule has 0 spiro atoms. The summed E-state index contributed by atoms with van der Waals surface area (Å²) in [6, 6.07) is 7.49. The standard InChI is InChI=1S/C16H25FN2O/c1-19(2)8-10-20-9-7-18-16-11-14(12-16)13-3-5-15(17)6-4-13/h3-6,14,16,18H,7-12H2,1-2H3. The molecule has 2 rings (SSSR count). The molecule has 1 N–H and O–H groups in total. The second-order valence-electron chi connectivity index (χ2n) is 5.79. The number of hydrogen-bond donors (Lipinski definition) is 1. The maximum Gasteiger partial charge on any atom is 0.123 e. The molecule has 0 radical (unpaired) electrons. The smallest absolute Gasteiger partial charge is 0.123 e. The molecule has 1 saturated carbocycles. The van der Waals surface area contributed by atoms with E-state index >= 15 is 0 Å². The Hall–Kier alpha value is -0.970. The number of nitrogens with zero attached hydrogens (tertiary/aromatic N) is 1. The molecular formula is C16H25FN2O. The molecule has 0 saturated heterocycles. The van der Waals surface area contributed by atoms with Gasteiger partial charge in [-0.3, -0.25) is 0 Å². The zero-order valence-corrected chi connectivity index (χ0v) is 12.4. The van der Waals surface area contributed by atoms with Crippen molar-refractivity contribution in [2.24, 2.45) is 0 Å². The predicted molar refractivity (Wildman–Crippen MR) is 79.5 cm³/mol. The Balaban J connectivity index is 1.52. The van der Waals surface area contributed by atoms with Gasteiger partial charge >= 0.3 is 0 Å². The minimum absolute atomic E-state index is 0.155. The van der Waals surface area contributed by atoms with Crippen LogP contribution in [0.3, 0.4) is 0 Å². The van der Waals surface area contributed by atoms with Gasteiger partial charge in [0.1, 0.15) is 5.82 Å². The van der Waals surface area contributed by atoms with Crippen LogP contribution in [0.1, 0.15) is 24.3 Å². The first kappa shape index (κ1) is 15.4. The van der Waals surface area contributed by atoms with Gasteiger partial charge in [-0.15, -0.1) is 0 Å². The van der Waals surface area contributed by atoms with Gasteiger partial charge < -0.3 is 15.0 Å². The third kappa shape index (κ3) is 4.85. The zero-order valence-electron chi connectivity index (χ0n) is 12.4. The van der Waals surface area contributed by atoms with Gasteiger partial charge in [-0.25, -0.2) is 4.39 Å². The monoisotopic (exact) mass is 280 g/mol. The van der Waals surface area contributed by atoms with Crippen molar-refractivity contribution in [3.05, 3.63) is 35.6 Å². The van der Waals surface area contributed by atoms with Crippen LogP contribution in [-0.4, -0.2) is 51.3 Å². The topological polar surface area (TPSA) is 24.5 Å². The van der Waals surface area contributed by atoms with Crippen LogP contribution in [0.15, 0.2) is 24.3 Å². The number of hydrogen-bond acceptors (Lipinski definition) is 3. The lowest BCUT2D eigenvalue weighted by atomic mass is 9.76. The number of benzene rings is 1. The van der Waals surface area contributed by atoms with Crippen molar-refractivity contribution in [2.75, 3.05) is 40.4 Å². The highest BCUT2D eigenvalue weighted by molar-refractivity contribution is 5.23. The Kier molecular flexibility index (Phi) is 5.95. The van der Waals surface area contributed by atoms with Gasteiger partial charge in [-0.2, -0.15) is 0 Å². The zero-order chi connectivity index (χ0) is 14.4. The van der Waals surface area contributed by atoms with Gasteiger partial charge in [-0.1, -0.05) is 12.1 Å². The molecule has 1 fully saturated rings. The number of nitrogens with one attached hydrogen (secondary N) is 1. The fraction of sp³-hybridized carbons (Fsp3) is 0.625. The van der Waals surface area contributed by atoms with E-state index in [0.29, 0.717) is 12.0 Å². The van der Waals surface area contributed by atoms with Crippen LogP contribution in [0.2, 0.25) is 0 Å². The summed E-state index contributed by atoms with van der Waals surface area (Å²) >= 11 is 0. The first-order chi connectivity index (χ1) is 9.65. The Labute approximate surface area is 121 Å². The highest BCUT2D eigenvalue weighted by Gasteiger charge is 2.29. The molecule has 0 unspecified atom stereocenters. The fourth-order valence-corrected chi connectivity index (χ4v) is 2.48. The summed E-state index contributed by atoms with van der Waals surface area (Å²) in [4.78, 5) is 2.12. The molecule has 20 heavy (non-hydrogen) atoms. The maximum atomic E-state index is 12.8. The second kappa shape index (κ2) is 7.72. The molecule has 1 aromatic carbocycles. The average Bonchev–Trinajstić information content (AvgIpc) is 2.37. The van der Waals surface area contributed by atoms with E-state index in [1.54, 1.807) is 12.1 Å². The van der Waals surface area contributed by atoms with E-state index in [-0.39, 0.29) is 5.82 Å². The van der Waals surface area contributed by atoms with Crippen LogP contribution in [-0.2, 0) is 4.74 Å². The lowest BCUT2D eigenvalue weighted by molar-refractivity contribution is 0.114. The van der Waals surface area contributed by atoms with E-state index in [0.717, 1.165) is 39.1 Å².